The van der Waals surface area contributed by atoms with E-state index in [0.717, 1.165) is 12.0 Å². The minimum atomic E-state index is -1.30. The summed E-state index contributed by atoms with van der Waals surface area (Å²) in [5, 5.41) is 12.1. The maximum Gasteiger partial charge on any atom is 0.440 e. The summed E-state index contributed by atoms with van der Waals surface area (Å²) in [7, 11) is 0. The number of amides is 3. The van der Waals surface area contributed by atoms with E-state index in [2.05, 4.69) is 10.3 Å². The molecule has 50 heavy (non-hydrogen) atoms. The molecule has 2 aromatic rings. The number of hydrogen-bond acceptors (Lipinski definition) is 11. The molecule has 2 aromatic carbocycles. The summed E-state index contributed by atoms with van der Waals surface area (Å²) < 4.78 is 21.0. The third kappa shape index (κ3) is 14.4. The van der Waals surface area contributed by atoms with E-state index in [1.807, 2.05) is 0 Å². The van der Waals surface area contributed by atoms with E-state index in [0.29, 0.717) is 0 Å². The number of nitrogens with zero attached hydrogens (tertiary/aromatic N) is 2. The number of carbonyl (C=O) groups is 6. The van der Waals surface area contributed by atoms with Gasteiger partial charge in [0.05, 0.1) is 5.60 Å². The standard InChI is InChI=1S/C35H45N3O12/c1-21(39)46-19-26(28(42)22-15-17-25(18-16-22)47-20-27(40)41)36-30(43)24-13-11-23(12-14-24)29(37-31(44)48-33(2,3)4)38(50-35(8,9)10)32(45)49-34(5,6)7/h11-18,26H,19-20H2,1-10H3,(H,36,43)(H,40,41). The molecule has 2 N–H and O–H groups in total. The molecule has 15 heteroatoms. The SMILES string of the molecule is CC(=O)OCC(NC(=O)c1ccc(C(=NC(=O)OC(C)(C)C)N(OC(C)(C)C)C(=O)OC(C)(C)C)cc1)C(=O)c1ccc(OCC(=O)O)cc1. The lowest BCUT2D eigenvalue weighted by molar-refractivity contribution is -0.169. The van der Waals surface area contributed by atoms with Crippen molar-refractivity contribution in [2.45, 2.75) is 92.1 Å². The van der Waals surface area contributed by atoms with Crippen LogP contribution in [0.15, 0.2) is 53.5 Å². The van der Waals surface area contributed by atoms with Crippen LogP contribution in [0.4, 0.5) is 9.59 Å². The number of rotatable bonds is 11. The number of ether oxygens (including phenoxy) is 4. The number of carboxylic acids is 1. The number of aliphatic imine (C=N–C) groups is 1. The molecule has 1 unspecified atom stereocenters. The molecule has 2 rings (SSSR count). The molecule has 272 valence electrons. The number of ketones is 1. The summed E-state index contributed by atoms with van der Waals surface area (Å²) in [6.45, 7) is 15.1. The van der Waals surface area contributed by atoms with Gasteiger partial charge < -0.3 is 29.4 Å². The molecular weight excluding hydrogens is 654 g/mol. The van der Waals surface area contributed by atoms with Crippen LogP contribution in [0, 0.1) is 0 Å². The van der Waals surface area contributed by atoms with Crippen LogP contribution in [0.3, 0.4) is 0 Å². The van der Waals surface area contributed by atoms with Gasteiger partial charge >= 0.3 is 24.1 Å². The first-order valence-corrected chi connectivity index (χ1v) is 15.5. The van der Waals surface area contributed by atoms with Crippen LogP contribution in [-0.4, -0.2) is 87.9 Å². The van der Waals surface area contributed by atoms with E-state index in [1.54, 1.807) is 62.3 Å². The van der Waals surface area contributed by atoms with Gasteiger partial charge in [0.1, 0.15) is 29.6 Å². The fourth-order valence-corrected chi connectivity index (χ4v) is 3.80. The highest BCUT2D eigenvalue weighted by Gasteiger charge is 2.33. The normalized spacial score (nSPS) is 12.6. The van der Waals surface area contributed by atoms with Crippen molar-refractivity contribution in [1.82, 2.24) is 10.4 Å². The van der Waals surface area contributed by atoms with Crippen LogP contribution in [0.25, 0.3) is 0 Å². The molecule has 0 aliphatic heterocycles. The van der Waals surface area contributed by atoms with Gasteiger partial charge in [-0.1, -0.05) is 12.1 Å². The van der Waals surface area contributed by atoms with Crippen molar-refractivity contribution in [3.05, 3.63) is 65.2 Å². The number of carboxylic acid groups (broad SMARTS) is 1. The predicted molar refractivity (Wildman–Crippen MR) is 180 cm³/mol. The maximum absolute atomic E-state index is 13.4. The molecule has 0 aliphatic rings. The van der Waals surface area contributed by atoms with Crippen LogP contribution >= 0.6 is 0 Å². The van der Waals surface area contributed by atoms with Crippen molar-refractivity contribution >= 4 is 41.7 Å². The molecule has 0 spiro atoms. The van der Waals surface area contributed by atoms with Gasteiger partial charge in [-0.15, -0.1) is 5.06 Å². The predicted octanol–water partition coefficient (Wildman–Crippen LogP) is 5.34. The Kier molecular flexibility index (Phi) is 13.8. The summed E-state index contributed by atoms with van der Waals surface area (Å²) >= 11 is 0. The minimum absolute atomic E-state index is 0.0592. The molecule has 0 saturated carbocycles. The largest absolute Gasteiger partial charge is 0.482 e. The molecular formula is C35H45N3O12. The molecule has 0 fully saturated rings. The fourth-order valence-electron chi connectivity index (χ4n) is 3.80. The highest BCUT2D eigenvalue weighted by Crippen LogP contribution is 2.21. The fraction of sp³-hybridized carbons (Fsp3) is 0.457. The summed E-state index contributed by atoms with van der Waals surface area (Å²) in [4.78, 5) is 85.2. The quantitative estimate of drug-likeness (QED) is 0.0764. The summed E-state index contributed by atoms with van der Waals surface area (Å²) in [6.07, 6.45) is -1.99. The van der Waals surface area contributed by atoms with Crippen molar-refractivity contribution in [3.8, 4) is 5.75 Å². The second kappa shape index (κ2) is 16.9. The molecule has 0 heterocycles. The van der Waals surface area contributed by atoms with Crippen molar-refractivity contribution in [2.24, 2.45) is 4.99 Å². The van der Waals surface area contributed by atoms with E-state index in [-0.39, 0.29) is 28.3 Å². The lowest BCUT2D eigenvalue weighted by Crippen LogP contribution is -2.46. The Morgan fingerprint density at radius 3 is 1.76 bits per heavy atom. The highest BCUT2D eigenvalue weighted by molar-refractivity contribution is 6.10. The average molecular weight is 700 g/mol. The molecule has 0 aliphatic carbocycles. The Bertz CT molecular complexity index is 1580. The lowest BCUT2D eigenvalue weighted by Gasteiger charge is -2.32. The monoisotopic (exact) mass is 699 g/mol. The van der Waals surface area contributed by atoms with Gasteiger partial charge in [-0.2, -0.15) is 4.99 Å². The van der Waals surface area contributed by atoms with E-state index in [4.69, 9.17) is 28.9 Å². The molecule has 1 atom stereocenters. The van der Waals surface area contributed by atoms with Gasteiger partial charge in [0.15, 0.2) is 18.2 Å². The second-order valence-electron chi connectivity index (χ2n) is 13.9. The first kappa shape index (κ1) is 40.9. The number of esters is 1. The zero-order valence-electron chi connectivity index (χ0n) is 29.9. The number of nitrogens with one attached hydrogen (secondary N) is 1. The van der Waals surface area contributed by atoms with Gasteiger partial charge in [0.2, 0.25) is 0 Å². The number of carbonyl (C=O) groups excluding carboxylic acids is 5. The minimum Gasteiger partial charge on any atom is -0.482 e. The van der Waals surface area contributed by atoms with Gasteiger partial charge in [-0.25, -0.2) is 14.4 Å². The van der Waals surface area contributed by atoms with E-state index in [1.165, 1.54) is 48.5 Å². The zero-order valence-corrected chi connectivity index (χ0v) is 29.9. The summed E-state index contributed by atoms with van der Waals surface area (Å²) in [5.41, 5.74) is -2.45. The van der Waals surface area contributed by atoms with Gasteiger partial charge in [-0.3, -0.25) is 19.2 Å². The lowest BCUT2D eigenvalue weighted by atomic mass is 10.0. The maximum atomic E-state index is 13.4. The number of hydroxylamine groups is 2. The van der Waals surface area contributed by atoms with E-state index >= 15 is 0 Å². The molecule has 3 amide bonds. The van der Waals surface area contributed by atoms with Crippen LogP contribution < -0.4 is 10.1 Å². The van der Waals surface area contributed by atoms with Crippen molar-refractivity contribution in [3.63, 3.8) is 0 Å². The zero-order chi connectivity index (χ0) is 38.0. The van der Waals surface area contributed by atoms with Crippen LogP contribution in [0.2, 0.25) is 0 Å². The van der Waals surface area contributed by atoms with Gasteiger partial charge in [0.25, 0.3) is 5.91 Å². The number of amidine groups is 1. The molecule has 0 aromatic heterocycles. The van der Waals surface area contributed by atoms with Crippen LogP contribution in [0.5, 0.6) is 5.75 Å². The second-order valence-corrected chi connectivity index (χ2v) is 13.9. The van der Waals surface area contributed by atoms with Crippen molar-refractivity contribution in [2.75, 3.05) is 13.2 Å². The Labute approximate surface area is 290 Å². The van der Waals surface area contributed by atoms with Gasteiger partial charge in [-0.05, 0) is 98.7 Å². The topological polar surface area (TPSA) is 196 Å². The number of hydrogen-bond donors (Lipinski definition) is 2. The molecule has 0 saturated heterocycles. The Hall–Kier alpha value is -5.31. The van der Waals surface area contributed by atoms with Gasteiger partial charge in [0, 0.05) is 23.6 Å². The first-order chi connectivity index (χ1) is 22.9. The molecule has 0 bridgehead atoms. The van der Waals surface area contributed by atoms with Crippen molar-refractivity contribution < 1.29 is 57.7 Å². The average Bonchev–Trinajstić information content (AvgIpc) is 2.97. The summed E-state index contributed by atoms with van der Waals surface area (Å²) in [6, 6.07) is 9.76. The Balaban J connectivity index is 2.47. The van der Waals surface area contributed by atoms with E-state index < -0.39 is 71.9 Å². The third-order valence-corrected chi connectivity index (χ3v) is 5.69. The number of benzene rings is 2. The third-order valence-electron chi connectivity index (χ3n) is 5.69. The molecule has 0 radical (unpaired) electrons. The molecule has 15 nitrogen and oxygen atoms in total. The van der Waals surface area contributed by atoms with Crippen molar-refractivity contribution in [1.29, 1.82) is 0 Å². The van der Waals surface area contributed by atoms with Crippen LogP contribution in [-0.2, 0) is 28.6 Å². The van der Waals surface area contributed by atoms with Crippen LogP contribution in [0.1, 0.15) is 95.5 Å². The first-order valence-electron chi connectivity index (χ1n) is 15.5. The highest BCUT2D eigenvalue weighted by atomic mass is 16.7. The smallest absolute Gasteiger partial charge is 0.440 e. The Morgan fingerprint density at radius 1 is 0.760 bits per heavy atom. The number of Topliss-reactive ketones (excluding diaryl/α,β-unsaturated/α-hetero) is 1. The number of aliphatic carboxylic acids is 1. The van der Waals surface area contributed by atoms with E-state index in [9.17, 15) is 28.8 Å². The Morgan fingerprint density at radius 2 is 1.28 bits per heavy atom. The summed E-state index contributed by atoms with van der Waals surface area (Å²) in [5.74, 6) is -3.24.